The van der Waals surface area contributed by atoms with Crippen LogP contribution in [0.1, 0.15) is 42.3 Å². The van der Waals surface area contributed by atoms with Crippen molar-refractivity contribution in [1.29, 1.82) is 0 Å². The number of pyridine rings is 2. The second kappa shape index (κ2) is 10.0. The van der Waals surface area contributed by atoms with Crippen LogP contribution in [0.5, 0.6) is 17.4 Å². The Morgan fingerprint density at radius 1 is 1.28 bits per heavy atom. The number of nitrogens with zero attached hydrogens (tertiary/aromatic N) is 2. The van der Waals surface area contributed by atoms with E-state index in [9.17, 15) is 19.8 Å². The van der Waals surface area contributed by atoms with Gasteiger partial charge in [0.1, 0.15) is 17.4 Å². The van der Waals surface area contributed by atoms with E-state index in [-0.39, 0.29) is 30.5 Å². The molecular weight excluding hydrogens is 420 g/mol. The number of aromatic nitrogens is 2. The van der Waals surface area contributed by atoms with Crippen LogP contribution >= 0.6 is 0 Å². The zero-order chi connectivity index (χ0) is 23.4. The van der Waals surface area contributed by atoms with E-state index in [1.807, 2.05) is 13.8 Å². The van der Waals surface area contributed by atoms with Crippen LogP contribution in [0.4, 0.5) is 0 Å². The van der Waals surface area contributed by atoms with E-state index in [1.54, 1.807) is 13.2 Å². The molecule has 2 aromatic heterocycles. The molecule has 0 spiro atoms. The van der Waals surface area contributed by atoms with Gasteiger partial charge in [0.2, 0.25) is 0 Å². The molecule has 10 nitrogen and oxygen atoms in total. The minimum absolute atomic E-state index is 0.0446. The van der Waals surface area contributed by atoms with Crippen LogP contribution in [0.25, 0.3) is 11.4 Å². The van der Waals surface area contributed by atoms with E-state index < -0.39 is 17.6 Å². The summed E-state index contributed by atoms with van der Waals surface area (Å²) in [5.74, 6) is -0.427. The van der Waals surface area contributed by atoms with Gasteiger partial charge in [-0.05, 0) is 12.0 Å². The molecule has 1 aliphatic heterocycles. The van der Waals surface area contributed by atoms with Gasteiger partial charge in [-0.2, -0.15) is 0 Å². The van der Waals surface area contributed by atoms with Gasteiger partial charge in [-0.25, -0.2) is 9.78 Å². The topological polar surface area (TPSA) is 129 Å². The number of methoxy groups -OCH3 is 2. The molecule has 0 amide bonds. The lowest BCUT2D eigenvalue weighted by molar-refractivity contribution is 0.0693. The highest BCUT2D eigenvalue weighted by atomic mass is 16.5. The molecule has 0 unspecified atom stereocenters. The standard InChI is InChI=1S/C22H28N2O8/c1-12(2)19-13-10-14(22(27)28)21(26)24(6-7-25)18(13)17-15(32-19)11-16(20(23-17)30-4)31-9-5-8-29-3/h10-12,19,25H,5-9H2,1-4H3,(H,27,28)/t19-/m1/s1. The monoisotopic (exact) mass is 448 g/mol. The smallest absolute Gasteiger partial charge is 0.341 e. The van der Waals surface area contributed by atoms with Crippen molar-refractivity contribution in [2.24, 2.45) is 5.92 Å². The normalized spacial score (nSPS) is 14.5. The second-order valence-electron chi connectivity index (χ2n) is 7.67. The zero-order valence-electron chi connectivity index (χ0n) is 18.6. The number of aliphatic hydroxyl groups excluding tert-OH is 1. The third-order valence-electron chi connectivity index (χ3n) is 5.13. The number of fused-ring (bicyclic) bond motifs is 3. The van der Waals surface area contributed by atoms with E-state index in [2.05, 4.69) is 4.98 Å². The SMILES string of the molecule is COCCCOc1cc2c(nc1OC)-c1c(cc(C(=O)O)c(=O)n1CCO)[C@@H](C(C)C)O2. The summed E-state index contributed by atoms with van der Waals surface area (Å²) >= 11 is 0. The van der Waals surface area contributed by atoms with Crippen molar-refractivity contribution in [2.45, 2.75) is 32.9 Å². The van der Waals surface area contributed by atoms with Crippen LogP contribution in [0.15, 0.2) is 16.9 Å². The molecule has 2 aromatic rings. The molecular formula is C22H28N2O8. The Morgan fingerprint density at radius 3 is 2.62 bits per heavy atom. The Bertz CT molecular complexity index is 1050. The number of hydrogen-bond acceptors (Lipinski definition) is 8. The fraction of sp³-hybridized carbons (Fsp3) is 0.500. The Hall–Kier alpha value is -3.11. The summed E-state index contributed by atoms with van der Waals surface area (Å²) in [5.41, 5.74) is 0.126. The molecule has 3 rings (SSSR count). The quantitative estimate of drug-likeness (QED) is 0.525. The Kier molecular flexibility index (Phi) is 7.37. The first kappa shape index (κ1) is 23.6. The van der Waals surface area contributed by atoms with Crippen molar-refractivity contribution in [3.05, 3.63) is 33.6 Å². The molecule has 10 heteroatoms. The lowest BCUT2D eigenvalue weighted by Crippen LogP contribution is -2.33. The van der Waals surface area contributed by atoms with Crippen LogP contribution in [0, 0.1) is 5.92 Å². The predicted molar refractivity (Wildman–Crippen MR) is 115 cm³/mol. The number of aromatic carboxylic acids is 1. The first-order valence-corrected chi connectivity index (χ1v) is 10.3. The molecule has 0 saturated heterocycles. The van der Waals surface area contributed by atoms with Crippen molar-refractivity contribution in [3.8, 4) is 28.8 Å². The van der Waals surface area contributed by atoms with Crippen molar-refractivity contribution in [1.82, 2.24) is 9.55 Å². The largest absolute Gasteiger partial charge is 0.488 e. The van der Waals surface area contributed by atoms with Crippen molar-refractivity contribution in [3.63, 3.8) is 0 Å². The Balaban J connectivity index is 2.23. The summed E-state index contributed by atoms with van der Waals surface area (Å²) in [6, 6.07) is 3.00. The summed E-state index contributed by atoms with van der Waals surface area (Å²) in [7, 11) is 3.06. The maximum absolute atomic E-state index is 12.9. The van der Waals surface area contributed by atoms with E-state index >= 15 is 0 Å². The molecule has 0 saturated carbocycles. The van der Waals surface area contributed by atoms with Crippen molar-refractivity contribution in [2.75, 3.05) is 34.0 Å². The Labute approximate surface area is 185 Å². The predicted octanol–water partition coefficient (Wildman–Crippen LogP) is 2.11. The molecule has 174 valence electrons. The minimum atomic E-state index is -1.34. The minimum Gasteiger partial charge on any atom is -0.488 e. The van der Waals surface area contributed by atoms with E-state index in [4.69, 9.17) is 18.9 Å². The number of carboxylic acids is 1. The first-order valence-electron chi connectivity index (χ1n) is 10.3. The molecule has 0 bridgehead atoms. The maximum atomic E-state index is 12.9. The molecule has 32 heavy (non-hydrogen) atoms. The highest BCUT2D eigenvalue weighted by Gasteiger charge is 2.35. The van der Waals surface area contributed by atoms with Gasteiger partial charge in [0.05, 0.1) is 26.0 Å². The number of carbonyl (C=O) groups is 1. The summed E-state index contributed by atoms with van der Waals surface area (Å²) < 4.78 is 23.7. The third kappa shape index (κ3) is 4.42. The van der Waals surface area contributed by atoms with Crippen LogP contribution in [-0.4, -0.2) is 59.8 Å². The van der Waals surface area contributed by atoms with Crippen LogP contribution in [0.3, 0.4) is 0 Å². The fourth-order valence-corrected chi connectivity index (χ4v) is 3.69. The van der Waals surface area contributed by atoms with Gasteiger partial charge < -0.3 is 33.7 Å². The molecule has 0 radical (unpaired) electrons. The van der Waals surface area contributed by atoms with Crippen LogP contribution < -0.4 is 19.8 Å². The van der Waals surface area contributed by atoms with E-state index in [0.29, 0.717) is 48.1 Å². The van der Waals surface area contributed by atoms with Crippen molar-refractivity contribution < 1.29 is 34.0 Å². The first-order chi connectivity index (χ1) is 15.3. The molecule has 0 aromatic carbocycles. The van der Waals surface area contributed by atoms with Crippen LogP contribution in [0.2, 0.25) is 0 Å². The molecule has 3 heterocycles. The lowest BCUT2D eigenvalue weighted by atomic mass is 9.92. The van der Waals surface area contributed by atoms with Gasteiger partial charge in [-0.3, -0.25) is 4.79 Å². The van der Waals surface area contributed by atoms with Gasteiger partial charge in [0, 0.05) is 38.3 Å². The van der Waals surface area contributed by atoms with Gasteiger partial charge in [0.15, 0.2) is 11.5 Å². The molecule has 0 fully saturated rings. The second-order valence-corrected chi connectivity index (χ2v) is 7.67. The summed E-state index contributed by atoms with van der Waals surface area (Å²) in [6.07, 6.45) is 0.140. The van der Waals surface area contributed by atoms with Gasteiger partial charge in [-0.1, -0.05) is 13.8 Å². The highest BCUT2D eigenvalue weighted by molar-refractivity contribution is 5.88. The summed E-state index contributed by atoms with van der Waals surface area (Å²) in [6.45, 7) is 4.34. The number of rotatable bonds is 10. The zero-order valence-corrected chi connectivity index (χ0v) is 18.6. The fourth-order valence-electron chi connectivity index (χ4n) is 3.69. The molecule has 0 aliphatic carbocycles. The van der Waals surface area contributed by atoms with Gasteiger partial charge in [0.25, 0.3) is 11.4 Å². The molecule has 1 aliphatic rings. The van der Waals surface area contributed by atoms with E-state index in [1.165, 1.54) is 17.7 Å². The summed E-state index contributed by atoms with van der Waals surface area (Å²) in [5, 5.41) is 19.1. The Morgan fingerprint density at radius 2 is 2.03 bits per heavy atom. The summed E-state index contributed by atoms with van der Waals surface area (Å²) in [4.78, 5) is 29.2. The molecule has 2 N–H and O–H groups in total. The van der Waals surface area contributed by atoms with Crippen LogP contribution in [-0.2, 0) is 11.3 Å². The average Bonchev–Trinajstić information content (AvgIpc) is 2.76. The third-order valence-corrected chi connectivity index (χ3v) is 5.13. The highest BCUT2D eigenvalue weighted by Crippen LogP contribution is 2.46. The lowest BCUT2D eigenvalue weighted by Gasteiger charge is -2.32. The number of hydrogen-bond donors (Lipinski definition) is 2. The number of aliphatic hydroxyl groups is 1. The number of ether oxygens (including phenoxy) is 4. The number of carboxylic acid groups (broad SMARTS) is 1. The van der Waals surface area contributed by atoms with Crippen molar-refractivity contribution >= 4 is 5.97 Å². The van der Waals surface area contributed by atoms with Gasteiger partial charge >= 0.3 is 5.97 Å². The molecule has 1 atom stereocenters. The maximum Gasteiger partial charge on any atom is 0.341 e. The van der Waals surface area contributed by atoms with E-state index in [0.717, 1.165) is 0 Å². The van der Waals surface area contributed by atoms with Gasteiger partial charge in [-0.15, -0.1) is 0 Å². The average molecular weight is 448 g/mol.